The van der Waals surface area contributed by atoms with Crippen LogP contribution in [0.3, 0.4) is 0 Å². The van der Waals surface area contributed by atoms with E-state index in [1.54, 1.807) is 0 Å². The van der Waals surface area contributed by atoms with Crippen molar-refractivity contribution in [3.05, 3.63) is 72.6 Å². The number of hydrogen-bond donors (Lipinski definition) is 0. The van der Waals surface area contributed by atoms with Gasteiger partial charge in [0, 0.05) is 16.8 Å². The van der Waals surface area contributed by atoms with Crippen molar-refractivity contribution in [1.82, 2.24) is 0 Å². The first-order valence-corrected chi connectivity index (χ1v) is 8.39. The molecule has 1 aliphatic carbocycles. The van der Waals surface area contributed by atoms with Gasteiger partial charge in [0.05, 0.1) is 6.04 Å². The van der Waals surface area contributed by atoms with E-state index < -0.39 is 0 Å². The summed E-state index contributed by atoms with van der Waals surface area (Å²) in [5, 5.41) is 0. The molecule has 0 saturated heterocycles. The minimum Gasteiger partial charge on any atom is -0.331 e. The first-order chi connectivity index (χ1) is 10.7. The Labute approximate surface area is 134 Å². The molecule has 2 radical (unpaired) electrons. The molecule has 2 aromatic rings. The van der Waals surface area contributed by atoms with E-state index >= 15 is 0 Å². The van der Waals surface area contributed by atoms with Gasteiger partial charge >= 0.3 is 0 Å². The zero-order valence-corrected chi connectivity index (χ0v) is 13.3. The van der Waals surface area contributed by atoms with E-state index in [9.17, 15) is 0 Å². The van der Waals surface area contributed by atoms with Crippen molar-refractivity contribution in [3.8, 4) is 0 Å². The van der Waals surface area contributed by atoms with Crippen LogP contribution in [0.5, 0.6) is 0 Å². The average Bonchev–Trinajstić information content (AvgIpc) is 2.79. The molecule has 0 N–H and O–H groups in total. The summed E-state index contributed by atoms with van der Waals surface area (Å²) in [6.45, 7) is 6.76. The Hall–Kier alpha value is -1.76. The van der Waals surface area contributed by atoms with E-state index in [1.165, 1.54) is 60.6 Å². The zero-order valence-electron chi connectivity index (χ0n) is 13.3. The molecule has 1 heteroatoms. The van der Waals surface area contributed by atoms with Gasteiger partial charge in [-0.05, 0) is 49.9 Å². The maximum atomic E-state index is 4.57. The van der Waals surface area contributed by atoms with Crippen LogP contribution in [0.2, 0.25) is 0 Å². The molecule has 0 atom stereocenters. The predicted molar refractivity (Wildman–Crippen MR) is 93.1 cm³/mol. The van der Waals surface area contributed by atoms with Gasteiger partial charge in [-0.1, -0.05) is 55.7 Å². The third kappa shape index (κ3) is 1.84. The van der Waals surface area contributed by atoms with Crippen LogP contribution < -0.4 is 4.90 Å². The summed E-state index contributed by atoms with van der Waals surface area (Å²) in [6, 6.07) is 18.9. The number of hydrogen-bond acceptors (Lipinski definition) is 1. The van der Waals surface area contributed by atoms with Crippen molar-refractivity contribution in [3.63, 3.8) is 0 Å². The lowest BCUT2D eigenvalue weighted by atomic mass is 9.67. The van der Waals surface area contributed by atoms with Crippen LogP contribution in [-0.2, 0) is 5.41 Å². The Morgan fingerprint density at radius 2 is 1.50 bits per heavy atom. The molecule has 1 heterocycles. The SMILES string of the molecule is [CH2][C]1N(c2ccccc2C)c2ccccc2C12CCCCC2. The Balaban J connectivity index is 1.89. The summed E-state index contributed by atoms with van der Waals surface area (Å²) in [5.41, 5.74) is 5.58. The van der Waals surface area contributed by atoms with Crippen molar-refractivity contribution in [1.29, 1.82) is 0 Å². The molecule has 1 aliphatic heterocycles. The Morgan fingerprint density at radius 1 is 0.864 bits per heavy atom. The van der Waals surface area contributed by atoms with Gasteiger partial charge in [0.1, 0.15) is 0 Å². The second-order valence-electron chi connectivity index (χ2n) is 6.73. The topological polar surface area (TPSA) is 3.24 Å². The van der Waals surface area contributed by atoms with Gasteiger partial charge in [-0.15, -0.1) is 0 Å². The van der Waals surface area contributed by atoms with Gasteiger partial charge in [0.15, 0.2) is 0 Å². The van der Waals surface area contributed by atoms with E-state index in [2.05, 4.69) is 67.3 Å². The number of fused-ring (bicyclic) bond motifs is 2. The quantitative estimate of drug-likeness (QED) is 0.649. The predicted octanol–water partition coefficient (Wildman–Crippen LogP) is 5.71. The smallest absolute Gasteiger partial charge is 0.0792 e. The minimum absolute atomic E-state index is 0.164. The molecule has 1 spiro atoms. The zero-order chi connectivity index (χ0) is 15.2. The van der Waals surface area contributed by atoms with Crippen molar-refractivity contribution in [2.45, 2.75) is 44.4 Å². The lowest BCUT2D eigenvalue weighted by Gasteiger charge is -2.39. The van der Waals surface area contributed by atoms with Crippen molar-refractivity contribution >= 4 is 11.4 Å². The largest absolute Gasteiger partial charge is 0.331 e. The summed E-state index contributed by atoms with van der Waals surface area (Å²) >= 11 is 0. The molecule has 2 aromatic carbocycles. The molecular formula is C21H23N. The molecule has 1 fully saturated rings. The van der Waals surface area contributed by atoms with Gasteiger partial charge in [0.25, 0.3) is 0 Å². The Bertz CT molecular complexity index is 682. The Morgan fingerprint density at radius 3 is 2.23 bits per heavy atom. The molecule has 0 amide bonds. The number of aryl methyl sites for hydroxylation is 1. The molecule has 1 nitrogen and oxygen atoms in total. The fourth-order valence-electron chi connectivity index (χ4n) is 4.39. The van der Waals surface area contributed by atoms with Crippen molar-refractivity contribution in [2.75, 3.05) is 4.90 Å². The van der Waals surface area contributed by atoms with Crippen LogP contribution in [0.1, 0.15) is 43.2 Å². The third-order valence-corrected chi connectivity index (χ3v) is 5.55. The second-order valence-corrected chi connectivity index (χ2v) is 6.73. The molecule has 2 aliphatic rings. The van der Waals surface area contributed by atoms with Gasteiger partial charge in [-0.2, -0.15) is 0 Å². The summed E-state index contributed by atoms with van der Waals surface area (Å²) in [6.07, 6.45) is 6.47. The standard InChI is InChI=1S/C21H23N/c1-16-10-4-6-12-19(16)22-17(2)21(14-8-3-9-15-21)18-11-5-7-13-20(18)22/h4-7,10-13H,2-3,8-9,14-15H2,1H3. The summed E-state index contributed by atoms with van der Waals surface area (Å²) in [4.78, 5) is 2.41. The lowest BCUT2D eigenvalue weighted by Crippen LogP contribution is -2.36. The third-order valence-electron chi connectivity index (χ3n) is 5.55. The fraction of sp³-hybridized carbons (Fsp3) is 0.333. The van der Waals surface area contributed by atoms with E-state index in [0.29, 0.717) is 0 Å². The highest BCUT2D eigenvalue weighted by Gasteiger charge is 2.50. The highest BCUT2D eigenvalue weighted by Crippen LogP contribution is 2.58. The van der Waals surface area contributed by atoms with E-state index in [1.807, 2.05) is 0 Å². The number of rotatable bonds is 1. The first kappa shape index (κ1) is 13.9. The van der Waals surface area contributed by atoms with Gasteiger partial charge in [-0.25, -0.2) is 0 Å². The average molecular weight is 289 g/mol. The van der Waals surface area contributed by atoms with E-state index in [4.69, 9.17) is 0 Å². The summed E-state index contributed by atoms with van der Waals surface area (Å²) in [5.74, 6) is 0. The number of para-hydroxylation sites is 2. The monoisotopic (exact) mass is 289 g/mol. The number of nitrogens with zero attached hydrogens (tertiary/aromatic N) is 1. The highest BCUT2D eigenvalue weighted by atomic mass is 15.2. The van der Waals surface area contributed by atoms with Crippen LogP contribution >= 0.6 is 0 Å². The van der Waals surface area contributed by atoms with Gasteiger partial charge in [-0.3, -0.25) is 0 Å². The summed E-state index contributed by atoms with van der Waals surface area (Å²) < 4.78 is 0. The molecule has 4 rings (SSSR count). The van der Waals surface area contributed by atoms with Crippen LogP contribution in [0.4, 0.5) is 11.4 Å². The second kappa shape index (κ2) is 5.15. The highest BCUT2D eigenvalue weighted by molar-refractivity contribution is 5.80. The first-order valence-electron chi connectivity index (χ1n) is 8.39. The van der Waals surface area contributed by atoms with Crippen LogP contribution in [0.15, 0.2) is 48.5 Å². The lowest BCUT2D eigenvalue weighted by molar-refractivity contribution is 0.324. The maximum Gasteiger partial charge on any atom is 0.0792 e. The van der Waals surface area contributed by atoms with Crippen molar-refractivity contribution < 1.29 is 0 Å². The van der Waals surface area contributed by atoms with Crippen molar-refractivity contribution in [2.24, 2.45) is 0 Å². The van der Waals surface area contributed by atoms with Crippen LogP contribution in [0, 0.1) is 19.9 Å². The van der Waals surface area contributed by atoms with Gasteiger partial charge in [0.2, 0.25) is 0 Å². The number of anilines is 2. The summed E-state index contributed by atoms with van der Waals surface area (Å²) in [7, 11) is 0. The van der Waals surface area contributed by atoms with Crippen LogP contribution in [0.25, 0.3) is 0 Å². The molecule has 1 saturated carbocycles. The van der Waals surface area contributed by atoms with Gasteiger partial charge < -0.3 is 4.90 Å². The molecule has 22 heavy (non-hydrogen) atoms. The van der Waals surface area contributed by atoms with E-state index in [0.717, 1.165) is 0 Å². The number of benzene rings is 2. The molecule has 0 unspecified atom stereocenters. The molecule has 0 bridgehead atoms. The molecular weight excluding hydrogens is 266 g/mol. The van der Waals surface area contributed by atoms with Crippen LogP contribution in [-0.4, -0.2) is 0 Å². The minimum atomic E-state index is 0.164. The normalized spacial score (nSPS) is 20.4. The molecule has 112 valence electrons. The molecule has 0 aromatic heterocycles. The fourth-order valence-corrected chi connectivity index (χ4v) is 4.39. The van der Waals surface area contributed by atoms with E-state index in [-0.39, 0.29) is 5.41 Å². The Kier molecular flexibility index (Phi) is 3.25. The maximum absolute atomic E-state index is 4.57.